The molecule has 0 bridgehead atoms. The molecular formula is C15H25NS. The zero-order valence-electron chi connectivity index (χ0n) is 11.5. The number of thioether (sulfide) groups is 1. The predicted octanol–water partition coefficient (Wildman–Crippen LogP) is 4.11. The molecule has 0 aliphatic heterocycles. The second kappa shape index (κ2) is 7.78. The minimum atomic E-state index is 0.612. The lowest BCUT2D eigenvalue weighted by Crippen LogP contribution is -2.34. The van der Waals surface area contributed by atoms with Gasteiger partial charge in [0, 0.05) is 16.7 Å². The zero-order chi connectivity index (χ0) is 12.7. The van der Waals surface area contributed by atoms with E-state index in [0.717, 1.165) is 11.7 Å². The largest absolute Gasteiger partial charge is 0.316 e. The molecule has 17 heavy (non-hydrogen) atoms. The topological polar surface area (TPSA) is 12.0 Å². The Balaban J connectivity index is 2.44. The van der Waals surface area contributed by atoms with Crippen LogP contribution < -0.4 is 5.32 Å². The predicted molar refractivity (Wildman–Crippen MR) is 78.8 cm³/mol. The molecule has 0 saturated carbocycles. The van der Waals surface area contributed by atoms with E-state index in [9.17, 15) is 0 Å². The van der Waals surface area contributed by atoms with E-state index in [-0.39, 0.29) is 0 Å². The highest BCUT2D eigenvalue weighted by Crippen LogP contribution is 2.22. The van der Waals surface area contributed by atoms with Crippen LogP contribution in [-0.2, 0) is 0 Å². The summed E-state index contributed by atoms with van der Waals surface area (Å²) in [6.45, 7) is 6.74. The Morgan fingerprint density at radius 3 is 2.41 bits per heavy atom. The highest BCUT2D eigenvalue weighted by Gasteiger charge is 2.14. The summed E-state index contributed by atoms with van der Waals surface area (Å²) in [6, 6.07) is 9.42. The smallest absolute Gasteiger partial charge is 0.0184 e. The average Bonchev–Trinajstić information content (AvgIpc) is 2.32. The Morgan fingerprint density at radius 1 is 1.24 bits per heavy atom. The van der Waals surface area contributed by atoms with Gasteiger partial charge in [-0.05, 0) is 38.4 Å². The molecule has 0 amide bonds. The van der Waals surface area contributed by atoms with Crippen molar-refractivity contribution in [2.75, 3.05) is 12.8 Å². The van der Waals surface area contributed by atoms with Crippen LogP contribution in [0.3, 0.4) is 0 Å². The van der Waals surface area contributed by atoms with Crippen molar-refractivity contribution < 1.29 is 0 Å². The SMILES string of the molecule is CCCC(C)C(CSc1ccc(C)cc1)NC. The molecule has 2 heteroatoms. The van der Waals surface area contributed by atoms with Crippen molar-refractivity contribution in [3.63, 3.8) is 0 Å². The standard InChI is InChI=1S/C15H25NS/c1-5-6-13(3)15(16-4)11-17-14-9-7-12(2)8-10-14/h7-10,13,15-16H,5-6,11H2,1-4H3. The second-order valence-electron chi connectivity index (χ2n) is 4.79. The lowest BCUT2D eigenvalue weighted by atomic mass is 9.98. The van der Waals surface area contributed by atoms with Crippen molar-refractivity contribution in [3.8, 4) is 0 Å². The number of aryl methyl sites for hydroxylation is 1. The first-order valence-electron chi connectivity index (χ1n) is 6.54. The number of hydrogen-bond acceptors (Lipinski definition) is 2. The third kappa shape index (κ3) is 5.13. The summed E-state index contributed by atoms with van der Waals surface area (Å²) in [5.41, 5.74) is 1.33. The first kappa shape index (κ1) is 14.6. The van der Waals surface area contributed by atoms with Crippen molar-refractivity contribution >= 4 is 11.8 Å². The van der Waals surface area contributed by atoms with Crippen molar-refractivity contribution in [3.05, 3.63) is 29.8 Å². The molecule has 96 valence electrons. The fourth-order valence-corrected chi connectivity index (χ4v) is 3.20. The molecule has 0 aliphatic carbocycles. The molecule has 1 rings (SSSR count). The van der Waals surface area contributed by atoms with E-state index in [4.69, 9.17) is 0 Å². The fourth-order valence-electron chi connectivity index (χ4n) is 2.01. The van der Waals surface area contributed by atoms with Gasteiger partial charge in [0.2, 0.25) is 0 Å². The molecule has 0 fully saturated rings. The fraction of sp³-hybridized carbons (Fsp3) is 0.600. The summed E-state index contributed by atoms with van der Waals surface area (Å²) < 4.78 is 0. The molecule has 0 aliphatic rings. The maximum Gasteiger partial charge on any atom is 0.0184 e. The summed E-state index contributed by atoms with van der Waals surface area (Å²) in [7, 11) is 2.08. The van der Waals surface area contributed by atoms with Crippen LogP contribution in [-0.4, -0.2) is 18.8 Å². The van der Waals surface area contributed by atoms with Crippen LogP contribution in [0.25, 0.3) is 0 Å². The van der Waals surface area contributed by atoms with Gasteiger partial charge in [-0.3, -0.25) is 0 Å². The third-order valence-corrected chi connectivity index (χ3v) is 4.38. The highest BCUT2D eigenvalue weighted by molar-refractivity contribution is 7.99. The number of nitrogens with one attached hydrogen (secondary N) is 1. The molecule has 0 saturated heterocycles. The van der Waals surface area contributed by atoms with Gasteiger partial charge in [-0.2, -0.15) is 0 Å². The summed E-state index contributed by atoms with van der Waals surface area (Å²) in [4.78, 5) is 1.37. The van der Waals surface area contributed by atoms with Crippen molar-refractivity contribution in [2.24, 2.45) is 5.92 Å². The van der Waals surface area contributed by atoms with E-state index in [0.29, 0.717) is 6.04 Å². The molecule has 0 aromatic heterocycles. The second-order valence-corrected chi connectivity index (χ2v) is 5.88. The molecular weight excluding hydrogens is 226 g/mol. The maximum absolute atomic E-state index is 3.45. The Hall–Kier alpha value is -0.470. The summed E-state index contributed by atoms with van der Waals surface area (Å²) in [6.07, 6.45) is 2.58. The van der Waals surface area contributed by atoms with Crippen LogP contribution in [0.2, 0.25) is 0 Å². The Bertz CT molecular complexity index is 307. The molecule has 1 aromatic carbocycles. The summed E-state index contributed by atoms with van der Waals surface area (Å²) in [5, 5.41) is 3.45. The maximum atomic E-state index is 3.45. The molecule has 2 atom stereocenters. The Kier molecular flexibility index (Phi) is 6.68. The number of hydrogen-bond donors (Lipinski definition) is 1. The van der Waals surface area contributed by atoms with Crippen LogP contribution >= 0.6 is 11.8 Å². The van der Waals surface area contributed by atoms with E-state index in [2.05, 4.69) is 57.4 Å². The number of benzene rings is 1. The molecule has 0 spiro atoms. The first-order valence-corrected chi connectivity index (χ1v) is 7.52. The molecule has 0 radical (unpaired) electrons. The van der Waals surface area contributed by atoms with Gasteiger partial charge in [-0.15, -0.1) is 11.8 Å². The van der Waals surface area contributed by atoms with Gasteiger partial charge in [0.15, 0.2) is 0 Å². The average molecular weight is 251 g/mol. The monoisotopic (exact) mass is 251 g/mol. The van der Waals surface area contributed by atoms with Gasteiger partial charge in [0.1, 0.15) is 0 Å². The zero-order valence-corrected chi connectivity index (χ0v) is 12.3. The molecule has 1 N–H and O–H groups in total. The first-order chi connectivity index (χ1) is 8.17. The summed E-state index contributed by atoms with van der Waals surface area (Å²) >= 11 is 1.95. The highest BCUT2D eigenvalue weighted by atomic mass is 32.2. The van der Waals surface area contributed by atoms with Gasteiger partial charge in [0.05, 0.1) is 0 Å². The third-order valence-electron chi connectivity index (χ3n) is 3.25. The van der Waals surface area contributed by atoms with Gasteiger partial charge >= 0.3 is 0 Å². The van der Waals surface area contributed by atoms with Gasteiger partial charge in [-0.25, -0.2) is 0 Å². The van der Waals surface area contributed by atoms with Gasteiger partial charge < -0.3 is 5.32 Å². The summed E-state index contributed by atoms with van der Waals surface area (Å²) in [5.74, 6) is 1.91. The quantitative estimate of drug-likeness (QED) is 0.732. The molecule has 1 aromatic rings. The molecule has 0 heterocycles. The van der Waals surface area contributed by atoms with E-state index in [1.54, 1.807) is 0 Å². The van der Waals surface area contributed by atoms with Crippen molar-refractivity contribution in [1.82, 2.24) is 5.32 Å². The van der Waals surface area contributed by atoms with Gasteiger partial charge in [-0.1, -0.05) is 38.0 Å². The minimum Gasteiger partial charge on any atom is -0.316 e. The minimum absolute atomic E-state index is 0.612. The Morgan fingerprint density at radius 2 is 1.88 bits per heavy atom. The number of rotatable bonds is 7. The van der Waals surface area contributed by atoms with Crippen LogP contribution in [0.15, 0.2) is 29.2 Å². The van der Waals surface area contributed by atoms with Crippen LogP contribution in [0.1, 0.15) is 32.3 Å². The van der Waals surface area contributed by atoms with Crippen molar-refractivity contribution in [1.29, 1.82) is 0 Å². The Labute approximate surface area is 110 Å². The van der Waals surface area contributed by atoms with Gasteiger partial charge in [0.25, 0.3) is 0 Å². The van der Waals surface area contributed by atoms with E-state index >= 15 is 0 Å². The lowest BCUT2D eigenvalue weighted by Gasteiger charge is -2.22. The van der Waals surface area contributed by atoms with Crippen molar-refractivity contribution in [2.45, 2.75) is 44.6 Å². The lowest BCUT2D eigenvalue weighted by molar-refractivity contribution is 0.403. The van der Waals surface area contributed by atoms with E-state index < -0.39 is 0 Å². The van der Waals surface area contributed by atoms with Crippen LogP contribution in [0.4, 0.5) is 0 Å². The molecule has 1 nitrogen and oxygen atoms in total. The van der Waals surface area contributed by atoms with E-state index in [1.165, 1.54) is 23.3 Å². The van der Waals surface area contributed by atoms with Crippen LogP contribution in [0.5, 0.6) is 0 Å². The van der Waals surface area contributed by atoms with E-state index in [1.807, 2.05) is 11.8 Å². The van der Waals surface area contributed by atoms with Crippen LogP contribution in [0, 0.1) is 12.8 Å². The normalized spacial score (nSPS) is 14.6. The molecule has 2 unspecified atom stereocenters.